The fourth-order valence-electron chi connectivity index (χ4n) is 3.56. The molecule has 0 radical (unpaired) electrons. The number of pyridine rings is 1. The number of fused-ring (bicyclic) bond motifs is 2. The molecule has 2 aromatic heterocycles. The van der Waals surface area contributed by atoms with Crippen LogP contribution in [-0.4, -0.2) is 33.3 Å². The maximum atomic E-state index is 11.6. The fourth-order valence-corrected chi connectivity index (χ4v) is 3.56. The van der Waals surface area contributed by atoms with Crippen LogP contribution < -0.4 is 10.9 Å². The van der Waals surface area contributed by atoms with Gasteiger partial charge in [-0.2, -0.15) is 0 Å². The van der Waals surface area contributed by atoms with Crippen LogP contribution in [0.3, 0.4) is 0 Å². The lowest BCUT2D eigenvalue weighted by Crippen LogP contribution is -2.26. The van der Waals surface area contributed by atoms with E-state index in [1.165, 1.54) is 23.1 Å². The van der Waals surface area contributed by atoms with Crippen molar-refractivity contribution in [2.24, 2.45) is 0 Å². The molecule has 6 heteroatoms. The van der Waals surface area contributed by atoms with Crippen LogP contribution in [0.1, 0.15) is 17.2 Å². The summed E-state index contributed by atoms with van der Waals surface area (Å²) in [6.45, 7) is 0.589. The van der Waals surface area contributed by atoms with E-state index >= 15 is 0 Å². The van der Waals surface area contributed by atoms with Crippen LogP contribution in [-0.2, 0) is 6.42 Å². The number of benzene rings is 2. The highest BCUT2D eigenvalue weighted by atomic mass is 16.3. The number of aromatic nitrogens is 2. The van der Waals surface area contributed by atoms with Crippen LogP contribution in [0, 0.1) is 0 Å². The third-order valence-electron chi connectivity index (χ3n) is 4.92. The van der Waals surface area contributed by atoms with Gasteiger partial charge in [-0.15, -0.1) is 0 Å². The van der Waals surface area contributed by atoms with E-state index < -0.39 is 0 Å². The van der Waals surface area contributed by atoms with Crippen LogP contribution in [0.4, 0.5) is 0 Å². The minimum absolute atomic E-state index is 0.0157. The Morgan fingerprint density at radius 2 is 1.89 bits per heavy atom. The second-order valence-electron chi connectivity index (χ2n) is 6.58. The van der Waals surface area contributed by atoms with E-state index in [2.05, 4.69) is 21.4 Å². The predicted octanol–water partition coefficient (Wildman–Crippen LogP) is 2.58. The summed E-state index contributed by atoms with van der Waals surface area (Å²) in [5.41, 5.74) is 3.27. The SMILES string of the molecule is O=c1ccc2c(C(CO)NCCc3c[nH]c4ccccc34)ccc(O)c2[nH]1. The van der Waals surface area contributed by atoms with Crippen molar-refractivity contribution in [3.05, 3.63) is 76.2 Å². The van der Waals surface area contributed by atoms with E-state index in [-0.39, 0.29) is 24.0 Å². The summed E-state index contributed by atoms with van der Waals surface area (Å²) in [6, 6.07) is 14.3. The standard InChI is InChI=1S/C21H21N3O3/c25-12-18(15-5-7-19(26)21-16(15)6-8-20(27)24-21)22-10-9-13-11-23-17-4-2-1-3-14(13)17/h1-8,11,18,22-23,25-26H,9-10,12H2,(H,24,27). The number of phenols is 1. The molecule has 138 valence electrons. The molecule has 2 aromatic carbocycles. The van der Waals surface area contributed by atoms with Gasteiger partial charge in [-0.05, 0) is 42.3 Å². The minimum atomic E-state index is -0.302. The number of hydrogen-bond acceptors (Lipinski definition) is 4. The summed E-state index contributed by atoms with van der Waals surface area (Å²) in [4.78, 5) is 17.5. The lowest BCUT2D eigenvalue weighted by atomic mass is 10.0. The predicted molar refractivity (Wildman–Crippen MR) is 106 cm³/mol. The number of phenolic OH excluding ortho intramolecular Hbond substituents is 1. The van der Waals surface area contributed by atoms with Crippen LogP contribution in [0.15, 0.2) is 59.5 Å². The quantitative estimate of drug-likeness (QED) is 0.363. The molecule has 1 unspecified atom stereocenters. The van der Waals surface area contributed by atoms with Crippen molar-refractivity contribution in [2.45, 2.75) is 12.5 Å². The number of aromatic hydroxyl groups is 1. The number of rotatable bonds is 6. The maximum absolute atomic E-state index is 11.6. The number of hydrogen-bond donors (Lipinski definition) is 5. The Morgan fingerprint density at radius 3 is 2.74 bits per heavy atom. The first-order valence-corrected chi connectivity index (χ1v) is 8.91. The summed E-state index contributed by atoms with van der Waals surface area (Å²) < 4.78 is 0. The normalized spacial score (nSPS) is 12.6. The second-order valence-corrected chi connectivity index (χ2v) is 6.58. The number of H-pyrrole nitrogens is 2. The van der Waals surface area contributed by atoms with Gasteiger partial charge in [0.2, 0.25) is 5.56 Å². The molecule has 0 saturated heterocycles. The number of aliphatic hydroxyl groups is 1. The van der Waals surface area contributed by atoms with Gasteiger partial charge in [-0.3, -0.25) is 4.79 Å². The van der Waals surface area contributed by atoms with Crippen molar-refractivity contribution in [1.29, 1.82) is 0 Å². The van der Waals surface area contributed by atoms with E-state index in [0.717, 1.165) is 17.5 Å². The molecule has 4 rings (SSSR count). The second kappa shape index (κ2) is 7.26. The first-order valence-electron chi connectivity index (χ1n) is 8.91. The van der Waals surface area contributed by atoms with Crippen molar-refractivity contribution in [3.8, 4) is 5.75 Å². The van der Waals surface area contributed by atoms with E-state index in [1.54, 1.807) is 12.1 Å². The number of aromatic amines is 2. The molecular weight excluding hydrogens is 342 g/mol. The highest BCUT2D eigenvalue weighted by Crippen LogP contribution is 2.28. The first kappa shape index (κ1) is 17.3. The summed E-state index contributed by atoms with van der Waals surface area (Å²) in [6.07, 6.45) is 2.83. The van der Waals surface area contributed by atoms with Gasteiger partial charge in [0.25, 0.3) is 0 Å². The molecule has 0 aliphatic carbocycles. The summed E-state index contributed by atoms with van der Waals surface area (Å²) >= 11 is 0. The van der Waals surface area contributed by atoms with Gasteiger partial charge in [0, 0.05) is 28.6 Å². The van der Waals surface area contributed by atoms with E-state index in [4.69, 9.17) is 0 Å². The first-order chi connectivity index (χ1) is 13.2. The smallest absolute Gasteiger partial charge is 0.248 e. The van der Waals surface area contributed by atoms with Gasteiger partial charge in [0.05, 0.1) is 18.2 Å². The van der Waals surface area contributed by atoms with Gasteiger partial charge in [0.1, 0.15) is 5.75 Å². The van der Waals surface area contributed by atoms with Crippen molar-refractivity contribution in [3.63, 3.8) is 0 Å². The van der Waals surface area contributed by atoms with Gasteiger partial charge >= 0.3 is 0 Å². The monoisotopic (exact) mass is 363 g/mol. The molecule has 0 aliphatic heterocycles. The highest BCUT2D eigenvalue weighted by molar-refractivity contribution is 5.87. The molecule has 0 fully saturated rings. The van der Waals surface area contributed by atoms with Crippen LogP contribution in [0.5, 0.6) is 5.75 Å². The Morgan fingerprint density at radius 1 is 1.04 bits per heavy atom. The largest absolute Gasteiger partial charge is 0.506 e. The average Bonchev–Trinajstić information content (AvgIpc) is 3.10. The molecule has 0 bridgehead atoms. The summed E-state index contributed by atoms with van der Waals surface area (Å²) in [7, 11) is 0. The Balaban J connectivity index is 1.55. The zero-order valence-corrected chi connectivity index (χ0v) is 14.7. The van der Waals surface area contributed by atoms with Crippen LogP contribution in [0.2, 0.25) is 0 Å². The van der Waals surface area contributed by atoms with Gasteiger partial charge in [-0.25, -0.2) is 0 Å². The Hall–Kier alpha value is -3.09. The molecular formula is C21H21N3O3. The number of para-hydroxylation sites is 1. The molecule has 6 nitrogen and oxygen atoms in total. The van der Waals surface area contributed by atoms with Gasteiger partial charge < -0.3 is 25.5 Å². The maximum Gasteiger partial charge on any atom is 0.248 e. The summed E-state index contributed by atoms with van der Waals surface area (Å²) in [5, 5.41) is 25.2. The highest BCUT2D eigenvalue weighted by Gasteiger charge is 2.15. The zero-order valence-electron chi connectivity index (χ0n) is 14.7. The third kappa shape index (κ3) is 3.32. The summed E-state index contributed by atoms with van der Waals surface area (Å²) in [5.74, 6) is 0.0157. The van der Waals surface area contributed by atoms with Crippen molar-refractivity contribution < 1.29 is 10.2 Å². The third-order valence-corrected chi connectivity index (χ3v) is 4.92. The molecule has 5 N–H and O–H groups in total. The van der Waals surface area contributed by atoms with Crippen LogP contribution >= 0.6 is 0 Å². The Labute approximate surface area is 155 Å². The molecule has 4 aromatic rings. The molecule has 27 heavy (non-hydrogen) atoms. The lowest BCUT2D eigenvalue weighted by molar-refractivity contribution is 0.246. The molecule has 1 atom stereocenters. The van der Waals surface area contributed by atoms with Crippen molar-refractivity contribution in [2.75, 3.05) is 13.2 Å². The zero-order chi connectivity index (χ0) is 18.8. The molecule has 0 saturated carbocycles. The topological polar surface area (TPSA) is 101 Å². The molecule has 2 heterocycles. The van der Waals surface area contributed by atoms with E-state index in [9.17, 15) is 15.0 Å². The van der Waals surface area contributed by atoms with Gasteiger partial charge in [0.15, 0.2) is 0 Å². The van der Waals surface area contributed by atoms with Crippen molar-refractivity contribution >= 4 is 21.8 Å². The Kier molecular flexibility index (Phi) is 4.66. The minimum Gasteiger partial charge on any atom is -0.506 e. The molecule has 0 aliphatic rings. The molecule has 0 spiro atoms. The fraction of sp³-hybridized carbons (Fsp3) is 0.190. The lowest BCUT2D eigenvalue weighted by Gasteiger charge is -2.19. The average molecular weight is 363 g/mol. The van der Waals surface area contributed by atoms with Crippen LogP contribution in [0.25, 0.3) is 21.8 Å². The molecule has 0 amide bonds. The van der Waals surface area contributed by atoms with Crippen molar-refractivity contribution in [1.82, 2.24) is 15.3 Å². The number of aliphatic hydroxyl groups excluding tert-OH is 1. The van der Waals surface area contributed by atoms with E-state index in [1.807, 2.05) is 24.4 Å². The van der Waals surface area contributed by atoms with E-state index in [0.29, 0.717) is 17.4 Å². The van der Waals surface area contributed by atoms with Gasteiger partial charge in [-0.1, -0.05) is 24.3 Å². The number of nitrogens with one attached hydrogen (secondary N) is 3. The Bertz CT molecular complexity index is 1150.